The second-order valence-corrected chi connectivity index (χ2v) is 8.26. The van der Waals surface area contributed by atoms with Crippen molar-refractivity contribution >= 4 is 23.5 Å². The molecule has 2 heterocycles. The molecule has 4 rings (SSSR count). The standard InChI is InChI=1S/C23H21N3O2S/c1-4-14-28-19-12-10-17(11-13-19)21-20-15(2)25-26(18-8-6-5-7-9-18)22(20)24-23(27)16(3)29-21/h1,5-13,16,21H,14H2,2-3H3,(H,24,27). The largest absolute Gasteiger partial charge is 0.481 e. The van der Waals surface area contributed by atoms with Crippen LogP contribution >= 0.6 is 11.8 Å². The van der Waals surface area contributed by atoms with E-state index in [9.17, 15) is 4.79 Å². The number of hydrogen-bond donors (Lipinski definition) is 1. The maximum absolute atomic E-state index is 12.7. The van der Waals surface area contributed by atoms with Crippen LogP contribution in [0.15, 0.2) is 54.6 Å². The minimum absolute atomic E-state index is 0.0233. The third kappa shape index (κ3) is 3.74. The molecule has 3 aromatic rings. The number of carbonyl (C=O) groups is 1. The minimum atomic E-state index is -0.201. The lowest BCUT2D eigenvalue weighted by atomic mass is 10.0. The van der Waals surface area contributed by atoms with Gasteiger partial charge in [-0.15, -0.1) is 18.2 Å². The van der Waals surface area contributed by atoms with Crippen LogP contribution in [0.5, 0.6) is 5.75 Å². The van der Waals surface area contributed by atoms with Crippen LogP contribution in [0.1, 0.15) is 29.0 Å². The molecule has 0 saturated carbocycles. The third-order valence-electron chi connectivity index (χ3n) is 4.83. The Morgan fingerprint density at radius 1 is 1.21 bits per heavy atom. The highest BCUT2D eigenvalue weighted by Gasteiger charge is 2.34. The molecule has 0 aliphatic carbocycles. The monoisotopic (exact) mass is 403 g/mol. The number of para-hydroxylation sites is 1. The van der Waals surface area contributed by atoms with Crippen molar-refractivity contribution in [2.75, 3.05) is 11.9 Å². The SMILES string of the molecule is C#CCOc1ccc(C2SC(C)C(=O)Nc3c2c(C)nn3-c2ccccc2)cc1. The zero-order chi connectivity index (χ0) is 20.4. The summed E-state index contributed by atoms with van der Waals surface area (Å²) in [6.45, 7) is 4.15. The lowest BCUT2D eigenvalue weighted by molar-refractivity contribution is -0.115. The number of amides is 1. The maximum Gasteiger partial charge on any atom is 0.238 e. The molecule has 5 nitrogen and oxygen atoms in total. The van der Waals surface area contributed by atoms with Crippen molar-refractivity contribution in [1.82, 2.24) is 9.78 Å². The molecule has 2 atom stereocenters. The summed E-state index contributed by atoms with van der Waals surface area (Å²) < 4.78 is 7.31. The fourth-order valence-corrected chi connectivity index (χ4v) is 4.71. The Morgan fingerprint density at radius 3 is 2.62 bits per heavy atom. The Bertz CT molecular complexity index is 1070. The van der Waals surface area contributed by atoms with Gasteiger partial charge in [-0.05, 0) is 43.7 Å². The van der Waals surface area contributed by atoms with Crippen molar-refractivity contribution in [1.29, 1.82) is 0 Å². The van der Waals surface area contributed by atoms with E-state index in [-0.39, 0.29) is 23.0 Å². The molecule has 29 heavy (non-hydrogen) atoms. The van der Waals surface area contributed by atoms with Gasteiger partial charge in [0, 0.05) is 5.56 Å². The van der Waals surface area contributed by atoms with Gasteiger partial charge in [-0.1, -0.05) is 36.3 Å². The molecule has 0 radical (unpaired) electrons. The van der Waals surface area contributed by atoms with Crippen LogP contribution in [0.2, 0.25) is 0 Å². The summed E-state index contributed by atoms with van der Waals surface area (Å²) in [4.78, 5) is 12.7. The highest BCUT2D eigenvalue weighted by Crippen LogP contribution is 2.46. The predicted molar refractivity (Wildman–Crippen MR) is 117 cm³/mol. The number of aryl methyl sites for hydroxylation is 1. The Labute approximate surface area is 174 Å². The first-order valence-corrected chi connectivity index (χ1v) is 10.3. The van der Waals surface area contributed by atoms with Crippen molar-refractivity contribution in [3.05, 3.63) is 71.4 Å². The van der Waals surface area contributed by atoms with E-state index in [1.807, 2.05) is 73.1 Å². The topological polar surface area (TPSA) is 56.1 Å². The predicted octanol–water partition coefficient (Wildman–Crippen LogP) is 4.36. The Hall–Kier alpha value is -3.17. The van der Waals surface area contributed by atoms with Gasteiger partial charge in [0.15, 0.2) is 0 Å². The summed E-state index contributed by atoms with van der Waals surface area (Å²) in [5, 5.41) is 7.60. The first-order chi connectivity index (χ1) is 14.1. The van der Waals surface area contributed by atoms with Gasteiger partial charge >= 0.3 is 0 Å². The lowest BCUT2D eigenvalue weighted by Crippen LogP contribution is -2.22. The molecule has 146 valence electrons. The second kappa shape index (κ2) is 8.06. The Kier molecular flexibility index (Phi) is 5.32. The first kappa shape index (κ1) is 19.2. The van der Waals surface area contributed by atoms with Crippen LogP contribution in [0.3, 0.4) is 0 Å². The van der Waals surface area contributed by atoms with E-state index in [0.717, 1.165) is 34.1 Å². The molecule has 2 aromatic carbocycles. The van der Waals surface area contributed by atoms with Gasteiger partial charge in [0.25, 0.3) is 0 Å². The number of ether oxygens (including phenoxy) is 1. The molecule has 1 N–H and O–H groups in total. The van der Waals surface area contributed by atoms with E-state index in [0.29, 0.717) is 0 Å². The molecule has 6 heteroatoms. The molecule has 1 aliphatic heterocycles. The zero-order valence-corrected chi connectivity index (χ0v) is 17.1. The van der Waals surface area contributed by atoms with Crippen LogP contribution < -0.4 is 10.1 Å². The molecule has 1 aromatic heterocycles. The zero-order valence-electron chi connectivity index (χ0n) is 16.3. The Balaban J connectivity index is 1.80. The van der Waals surface area contributed by atoms with Gasteiger partial charge in [0.05, 0.1) is 21.9 Å². The van der Waals surface area contributed by atoms with Gasteiger partial charge < -0.3 is 10.1 Å². The number of nitrogens with zero attached hydrogens (tertiary/aromatic N) is 2. The third-order valence-corrected chi connectivity index (χ3v) is 6.23. The summed E-state index contributed by atoms with van der Waals surface area (Å²) in [5.74, 6) is 3.90. The molecule has 2 unspecified atom stereocenters. The number of fused-ring (bicyclic) bond motifs is 1. The van der Waals surface area contributed by atoms with Crippen LogP contribution in [-0.2, 0) is 4.79 Å². The van der Waals surface area contributed by atoms with E-state index in [4.69, 9.17) is 16.3 Å². The van der Waals surface area contributed by atoms with E-state index < -0.39 is 0 Å². The summed E-state index contributed by atoms with van der Waals surface area (Å²) in [7, 11) is 0. The molecule has 1 aliphatic rings. The number of anilines is 1. The van der Waals surface area contributed by atoms with E-state index in [1.54, 1.807) is 11.8 Å². The number of hydrogen-bond acceptors (Lipinski definition) is 4. The summed E-state index contributed by atoms with van der Waals surface area (Å²) in [6, 6.07) is 17.7. The van der Waals surface area contributed by atoms with E-state index in [1.165, 1.54) is 0 Å². The van der Waals surface area contributed by atoms with Crippen molar-refractivity contribution in [2.24, 2.45) is 0 Å². The number of thioether (sulfide) groups is 1. The first-order valence-electron chi connectivity index (χ1n) is 9.36. The van der Waals surface area contributed by atoms with Crippen molar-refractivity contribution < 1.29 is 9.53 Å². The highest BCUT2D eigenvalue weighted by atomic mass is 32.2. The summed E-state index contributed by atoms with van der Waals surface area (Å²) in [5.41, 5.74) is 3.91. The minimum Gasteiger partial charge on any atom is -0.481 e. The second-order valence-electron chi connectivity index (χ2n) is 6.80. The molecular formula is C23H21N3O2S. The number of terminal acetylenes is 1. The molecule has 0 spiro atoms. The molecular weight excluding hydrogens is 382 g/mol. The maximum atomic E-state index is 12.7. The van der Waals surface area contributed by atoms with Crippen molar-refractivity contribution in [3.63, 3.8) is 0 Å². The molecule has 0 fully saturated rings. The average Bonchev–Trinajstić information content (AvgIpc) is 2.99. The molecule has 0 bridgehead atoms. The van der Waals surface area contributed by atoms with E-state index >= 15 is 0 Å². The van der Waals surface area contributed by atoms with Gasteiger partial charge in [0.1, 0.15) is 18.2 Å². The fraction of sp³-hybridized carbons (Fsp3) is 0.217. The van der Waals surface area contributed by atoms with Crippen LogP contribution in [0, 0.1) is 19.3 Å². The smallest absolute Gasteiger partial charge is 0.238 e. The van der Waals surface area contributed by atoms with E-state index in [2.05, 4.69) is 11.2 Å². The summed E-state index contributed by atoms with van der Waals surface area (Å²) >= 11 is 1.62. The lowest BCUT2D eigenvalue weighted by Gasteiger charge is -2.18. The van der Waals surface area contributed by atoms with Crippen LogP contribution in [0.4, 0.5) is 5.82 Å². The average molecular weight is 404 g/mol. The quantitative estimate of drug-likeness (QED) is 0.658. The summed E-state index contributed by atoms with van der Waals surface area (Å²) in [6.07, 6.45) is 5.26. The molecule has 1 amide bonds. The van der Waals surface area contributed by atoms with Gasteiger partial charge in [-0.3, -0.25) is 4.79 Å². The number of nitrogens with one attached hydrogen (secondary N) is 1. The molecule has 0 saturated heterocycles. The van der Waals surface area contributed by atoms with Gasteiger partial charge in [-0.25, -0.2) is 4.68 Å². The normalized spacial score (nSPS) is 18.3. The number of benzene rings is 2. The van der Waals surface area contributed by atoms with Crippen molar-refractivity contribution in [2.45, 2.75) is 24.3 Å². The van der Waals surface area contributed by atoms with Crippen molar-refractivity contribution in [3.8, 4) is 23.8 Å². The van der Waals surface area contributed by atoms with Crippen LogP contribution in [0.25, 0.3) is 5.69 Å². The number of aromatic nitrogens is 2. The number of rotatable bonds is 4. The Morgan fingerprint density at radius 2 is 1.93 bits per heavy atom. The van der Waals surface area contributed by atoms with Gasteiger partial charge in [0.2, 0.25) is 5.91 Å². The number of carbonyl (C=O) groups excluding carboxylic acids is 1. The fourth-order valence-electron chi connectivity index (χ4n) is 3.39. The van der Waals surface area contributed by atoms with Crippen LogP contribution in [-0.4, -0.2) is 27.5 Å². The highest BCUT2D eigenvalue weighted by molar-refractivity contribution is 8.01. The van der Waals surface area contributed by atoms with Gasteiger partial charge in [-0.2, -0.15) is 5.10 Å².